The molecule has 0 unspecified atom stereocenters. The molecule has 0 bridgehead atoms. The molecule has 1 aromatic rings. The molecule has 0 aromatic heterocycles. The summed E-state index contributed by atoms with van der Waals surface area (Å²) in [6, 6.07) is 6.13. The predicted molar refractivity (Wildman–Crippen MR) is 89.6 cm³/mol. The number of primary sulfonamides is 1. The molecule has 3 N–H and O–H groups in total. The Bertz CT molecular complexity index is 678. The minimum Gasteiger partial charge on any atom is -0.347 e. The summed E-state index contributed by atoms with van der Waals surface area (Å²) >= 11 is 0. The van der Waals surface area contributed by atoms with Crippen LogP contribution in [0.15, 0.2) is 29.2 Å². The second kappa shape index (κ2) is 8.25. The third-order valence-corrected chi connectivity index (χ3v) is 4.97. The van der Waals surface area contributed by atoms with E-state index in [1.165, 1.54) is 12.1 Å². The minimum absolute atomic E-state index is 0.0478. The predicted octanol–water partition coefficient (Wildman–Crippen LogP) is 0.395. The summed E-state index contributed by atoms with van der Waals surface area (Å²) in [6.45, 7) is 1.59. The number of nitrogens with zero attached hydrogens (tertiary/aromatic N) is 1. The molecule has 8 heteroatoms. The van der Waals surface area contributed by atoms with Crippen molar-refractivity contribution >= 4 is 21.8 Å². The lowest BCUT2D eigenvalue weighted by molar-refractivity contribution is -0.145. The lowest BCUT2D eigenvalue weighted by Gasteiger charge is -2.19. The summed E-state index contributed by atoms with van der Waals surface area (Å²) in [7, 11) is -3.70. The molecule has 1 aliphatic rings. The van der Waals surface area contributed by atoms with E-state index in [0.29, 0.717) is 26.1 Å². The van der Waals surface area contributed by atoms with Gasteiger partial charge in [0.05, 0.1) is 4.90 Å². The van der Waals surface area contributed by atoms with Crippen LogP contribution in [0.4, 0.5) is 0 Å². The van der Waals surface area contributed by atoms with Crippen LogP contribution in [-0.4, -0.2) is 44.8 Å². The van der Waals surface area contributed by atoms with Crippen LogP contribution in [-0.2, 0) is 26.0 Å². The molecule has 0 spiro atoms. The van der Waals surface area contributed by atoms with Gasteiger partial charge in [-0.2, -0.15) is 0 Å². The number of carbonyl (C=O) groups is 2. The Morgan fingerprint density at radius 3 is 2.17 bits per heavy atom. The van der Waals surface area contributed by atoms with E-state index in [9.17, 15) is 18.0 Å². The van der Waals surface area contributed by atoms with E-state index < -0.39 is 21.8 Å². The van der Waals surface area contributed by atoms with E-state index >= 15 is 0 Å². The normalized spacial score (nSPS) is 15.6. The molecule has 132 valence electrons. The van der Waals surface area contributed by atoms with Gasteiger partial charge in [-0.1, -0.05) is 25.0 Å². The average molecular weight is 353 g/mol. The van der Waals surface area contributed by atoms with Crippen molar-refractivity contribution in [2.24, 2.45) is 5.14 Å². The van der Waals surface area contributed by atoms with Gasteiger partial charge >= 0.3 is 11.8 Å². The molecule has 24 heavy (non-hydrogen) atoms. The van der Waals surface area contributed by atoms with Gasteiger partial charge in [0.15, 0.2) is 0 Å². The van der Waals surface area contributed by atoms with Gasteiger partial charge in [0.1, 0.15) is 0 Å². The molecule has 1 aromatic carbocycles. The molecule has 0 atom stereocenters. The first kappa shape index (κ1) is 18.4. The molecule has 1 saturated heterocycles. The number of hydrogen-bond donors (Lipinski definition) is 2. The number of sulfonamides is 1. The number of nitrogens with one attached hydrogen (secondary N) is 1. The van der Waals surface area contributed by atoms with Gasteiger partial charge in [0.25, 0.3) is 0 Å². The minimum atomic E-state index is -3.70. The number of amides is 2. The SMILES string of the molecule is NS(=O)(=O)c1ccc(CCNC(=O)C(=O)N2CCCCCC2)cc1. The van der Waals surface area contributed by atoms with Crippen LogP contribution in [0.3, 0.4) is 0 Å². The van der Waals surface area contributed by atoms with E-state index in [1.54, 1.807) is 17.0 Å². The Labute approximate surface area is 142 Å². The Morgan fingerprint density at radius 2 is 1.62 bits per heavy atom. The van der Waals surface area contributed by atoms with Crippen LogP contribution in [0.2, 0.25) is 0 Å². The first-order valence-electron chi connectivity index (χ1n) is 8.07. The fourth-order valence-corrected chi connectivity index (χ4v) is 3.17. The zero-order valence-corrected chi connectivity index (χ0v) is 14.3. The summed E-state index contributed by atoms with van der Waals surface area (Å²) in [5.41, 5.74) is 0.852. The van der Waals surface area contributed by atoms with Crippen LogP contribution in [0, 0.1) is 0 Å². The summed E-state index contributed by atoms with van der Waals surface area (Å²) < 4.78 is 22.4. The van der Waals surface area contributed by atoms with Gasteiger partial charge in [0, 0.05) is 19.6 Å². The van der Waals surface area contributed by atoms with Gasteiger partial charge in [-0.3, -0.25) is 9.59 Å². The molecule has 1 fully saturated rings. The van der Waals surface area contributed by atoms with Gasteiger partial charge in [0.2, 0.25) is 10.0 Å². The maximum Gasteiger partial charge on any atom is 0.311 e. The summed E-state index contributed by atoms with van der Waals surface area (Å²) in [5, 5.41) is 7.66. The highest BCUT2D eigenvalue weighted by Gasteiger charge is 2.22. The van der Waals surface area contributed by atoms with Gasteiger partial charge in [-0.15, -0.1) is 0 Å². The second-order valence-corrected chi connectivity index (χ2v) is 7.46. The molecule has 1 aliphatic heterocycles. The molecule has 0 aliphatic carbocycles. The van der Waals surface area contributed by atoms with Gasteiger partial charge in [-0.05, 0) is 37.0 Å². The smallest absolute Gasteiger partial charge is 0.311 e. The maximum atomic E-state index is 12.1. The standard InChI is InChI=1S/C16H23N3O4S/c17-24(22,23)14-7-5-13(6-8-14)9-10-18-15(20)16(21)19-11-3-1-2-4-12-19/h5-8H,1-4,9-12H2,(H,18,20)(H2,17,22,23). The topological polar surface area (TPSA) is 110 Å². The van der Waals surface area contributed by atoms with Crippen molar-refractivity contribution in [3.05, 3.63) is 29.8 Å². The average Bonchev–Trinajstić information content (AvgIpc) is 2.83. The Morgan fingerprint density at radius 1 is 1.04 bits per heavy atom. The first-order chi connectivity index (χ1) is 11.4. The summed E-state index contributed by atoms with van der Waals surface area (Å²) in [4.78, 5) is 25.7. The monoisotopic (exact) mass is 353 g/mol. The van der Waals surface area contributed by atoms with Crippen LogP contribution < -0.4 is 10.5 Å². The van der Waals surface area contributed by atoms with Gasteiger partial charge in [-0.25, -0.2) is 13.6 Å². The molecular weight excluding hydrogens is 330 g/mol. The van der Waals surface area contributed by atoms with E-state index in [-0.39, 0.29) is 4.90 Å². The zero-order valence-electron chi connectivity index (χ0n) is 13.5. The van der Waals surface area contributed by atoms with Crippen molar-refractivity contribution in [1.82, 2.24) is 10.2 Å². The van der Waals surface area contributed by atoms with Crippen molar-refractivity contribution in [3.8, 4) is 0 Å². The molecule has 0 radical (unpaired) electrons. The van der Waals surface area contributed by atoms with Crippen LogP contribution in [0.1, 0.15) is 31.2 Å². The first-order valence-corrected chi connectivity index (χ1v) is 9.61. The Balaban J connectivity index is 1.80. The van der Waals surface area contributed by atoms with Gasteiger partial charge < -0.3 is 10.2 Å². The Hall–Kier alpha value is -1.93. The number of benzene rings is 1. The van der Waals surface area contributed by atoms with Crippen LogP contribution >= 0.6 is 0 Å². The highest BCUT2D eigenvalue weighted by molar-refractivity contribution is 7.89. The molecule has 2 rings (SSSR count). The molecular formula is C16H23N3O4S. The highest BCUT2D eigenvalue weighted by atomic mass is 32.2. The van der Waals surface area contributed by atoms with E-state index in [2.05, 4.69) is 5.32 Å². The van der Waals surface area contributed by atoms with Crippen LogP contribution in [0.25, 0.3) is 0 Å². The summed E-state index contributed by atoms with van der Waals surface area (Å²) in [5.74, 6) is -1.06. The van der Waals surface area contributed by atoms with E-state index in [1.807, 2.05) is 0 Å². The largest absolute Gasteiger partial charge is 0.347 e. The van der Waals surface area contributed by atoms with Crippen molar-refractivity contribution in [3.63, 3.8) is 0 Å². The molecule has 2 amide bonds. The van der Waals surface area contributed by atoms with E-state index in [4.69, 9.17) is 5.14 Å². The lowest BCUT2D eigenvalue weighted by Crippen LogP contribution is -2.43. The van der Waals surface area contributed by atoms with Crippen molar-refractivity contribution in [2.75, 3.05) is 19.6 Å². The number of likely N-dealkylation sites (tertiary alicyclic amines) is 1. The molecule has 1 heterocycles. The molecule has 0 saturated carbocycles. The fourth-order valence-electron chi connectivity index (χ4n) is 2.66. The summed E-state index contributed by atoms with van der Waals surface area (Å²) in [6.07, 6.45) is 4.58. The second-order valence-electron chi connectivity index (χ2n) is 5.90. The number of carbonyl (C=O) groups excluding carboxylic acids is 2. The Kier molecular flexibility index (Phi) is 6.33. The number of nitrogens with two attached hydrogens (primary N) is 1. The third-order valence-electron chi connectivity index (χ3n) is 4.04. The maximum absolute atomic E-state index is 12.1. The third kappa shape index (κ3) is 5.31. The van der Waals surface area contributed by atoms with E-state index in [0.717, 1.165) is 31.2 Å². The zero-order chi connectivity index (χ0) is 17.6. The van der Waals surface area contributed by atoms with Crippen molar-refractivity contribution in [1.29, 1.82) is 0 Å². The lowest BCUT2D eigenvalue weighted by atomic mass is 10.1. The molecule has 7 nitrogen and oxygen atoms in total. The van der Waals surface area contributed by atoms with Crippen molar-refractivity contribution < 1.29 is 18.0 Å². The number of rotatable bonds is 4. The fraction of sp³-hybridized carbons (Fsp3) is 0.500. The van der Waals surface area contributed by atoms with Crippen LogP contribution in [0.5, 0.6) is 0 Å². The number of hydrogen-bond acceptors (Lipinski definition) is 4. The highest BCUT2D eigenvalue weighted by Crippen LogP contribution is 2.10. The van der Waals surface area contributed by atoms with Crippen molar-refractivity contribution in [2.45, 2.75) is 37.0 Å². The quantitative estimate of drug-likeness (QED) is 0.763.